The third-order valence-electron chi connectivity index (χ3n) is 4.44. The van der Waals surface area contributed by atoms with E-state index in [1.165, 1.54) is 4.40 Å². The summed E-state index contributed by atoms with van der Waals surface area (Å²) in [6, 6.07) is 8.69. The Morgan fingerprint density at radius 1 is 1.21 bits per heavy atom. The van der Waals surface area contributed by atoms with Gasteiger partial charge in [0, 0.05) is 25.0 Å². The molecule has 1 amide bonds. The summed E-state index contributed by atoms with van der Waals surface area (Å²) in [5, 5.41) is 6.92. The summed E-state index contributed by atoms with van der Waals surface area (Å²) in [4.78, 5) is 31.3. The molecule has 3 aromatic rings. The molecule has 0 aliphatic carbocycles. The number of methoxy groups -OCH3 is 1. The Labute approximate surface area is 160 Å². The van der Waals surface area contributed by atoms with Gasteiger partial charge in [-0.25, -0.2) is 13.9 Å². The summed E-state index contributed by atoms with van der Waals surface area (Å²) in [7, 11) is 1.57. The lowest BCUT2D eigenvalue weighted by Gasteiger charge is -2.27. The van der Waals surface area contributed by atoms with Gasteiger partial charge in [-0.05, 0) is 30.3 Å². The van der Waals surface area contributed by atoms with Crippen molar-refractivity contribution in [1.29, 1.82) is 0 Å². The van der Waals surface area contributed by atoms with Crippen LogP contribution >= 0.6 is 0 Å². The van der Waals surface area contributed by atoms with Crippen molar-refractivity contribution in [2.45, 2.75) is 6.54 Å². The smallest absolute Gasteiger partial charge is 0.352 e. The van der Waals surface area contributed by atoms with Gasteiger partial charge in [0.25, 0.3) is 5.78 Å². The topological polar surface area (TPSA) is 103 Å². The van der Waals surface area contributed by atoms with Crippen molar-refractivity contribution in [2.24, 2.45) is 0 Å². The first kappa shape index (κ1) is 18.0. The molecule has 0 saturated carbocycles. The van der Waals surface area contributed by atoms with E-state index in [1.54, 1.807) is 43.6 Å². The largest absolute Gasteiger partial charge is 0.497 e. The quantitative estimate of drug-likeness (QED) is 0.678. The van der Waals surface area contributed by atoms with E-state index in [1.807, 2.05) is 0 Å². The van der Waals surface area contributed by atoms with Crippen LogP contribution in [0.15, 0.2) is 41.3 Å². The summed E-state index contributed by atoms with van der Waals surface area (Å²) in [6.07, 6.45) is 1.63. The van der Waals surface area contributed by atoms with Crippen molar-refractivity contribution in [2.75, 3.05) is 43.6 Å². The predicted octanol–water partition coefficient (Wildman–Crippen LogP) is 0.375. The Morgan fingerprint density at radius 2 is 1.96 bits per heavy atom. The molecular formula is C18H20N6O4. The van der Waals surface area contributed by atoms with Gasteiger partial charge in [0.15, 0.2) is 0 Å². The Kier molecular flexibility index (Phi) is 4.94. The molecule has 146 valence electrons. The Hall–Kier alpha value is -3.40. The number of carbonyl (C=O) groups excluding carboxylic acids is 1. The molecule has 3 heterocycles. The van der Waals surface area contributed by atoms with Crippen molar-refractivity contribution < 1.29 is 14.3 Å². The lowest BCUT2D eigenvalue weighted by molar-refractivity contribution is -0.117. The summed E-state index contributed by atoms with van der Waals surface area (Å²) < 4.78 is 12.9. The SMILES string of the molecule is COc1ccc(NC(=O)Cn2nc3nc(N4CCOCC4)ccn3c2=O)cc1. The van der Waals surface area contributed by atoms with Crippen molar-refractivity contribution >= 4 is 23.2 Å². The highest BCUT2D eigenvalue weighted by Gasteiger charge is 2.16. The molecule has 0 spiro atoms. The molecule has 10 nitrogen and oxygen atoms in total. The molecule has 1 N–H and O–H groups in total. The van der Waals surface area contributed by atoms with E-state index in [2.05, 4.69) is 20.3 Å². The fourth-order valence-electron chi connectivity index (χ4n) is 2.98. The van der Waals surface area contributed by atoms with Crippen LogP contribution in [0.4, 0.5) is 11.5 Å². The monoisotopic (exact) mass is 384 g/mol. The standard InChI is InChI=1S/C18H20N6O4/c1-27-14-4-2-13(3-5-14)19-16(25)12-24-18(26)23-7-6-15(20-17(23)21-24)22-8-10-28-11-9-22/h2-7H,8-12H2,1H3,(H,19,25). The lowest BCUT2D eigenvalue weighted by atomic mass is 10.3. The highest BCUT2D eigenvalue weighted by atomic mass is 16.5. The number of nitrogens with zero attached hydrogens (tertiary/aromatic N) is 5. The minimum absolute atomic E-state index is 0.207. The van der Waals surface area contributed by atoms with Crippen LogP contribution in [0, 0.1) is 0 Å². The number of hydrogen-bond acceptors (Lipinski definition) is 7. The fourth-order valence-corrected chi connectivity index (χ4v) is 2.98. The molecule has 0 unspecified atom stereocenters. The van der Waals surface area contributed by atoms with Crippen molar-refractivity contribution in [1.82, 2.24) is 19.2 Å². The van der Waals surface area contributed by atoms with Gasteiger partial charge in [0.05, 0.1) is 20.3 Å². The molecule has 1 aliphatic rings. The molecule has 1 aliphatic heterocycles. The number of carbonyl (C=O) groups is 1. The number of ether oxygens (including phenoxy) is 2. The first-order valence-corrected chi connectivity index (χ1v) is 8.87. The molecule has 4 rings (SSSR count). The first-order valence-electron chi connectivity index (χ1n) is 8.87. The highest BCUT2D eigenvalue weighted by molar-refractivity contribution is 5.90. The number of morpholine rings is 1. The highest BCUT2D eigenvalue weighted by Crippen LogP contribution is 2.15. The molecule has 0 atom stereocenters. The van der Waals surface area contributed by atoms with E-state index in [-0.39, 0.29) is 18.2 Å². The number of aromatic nitrogens is 4. The van der Waals surface area contributed by atoms with Crippen LogP contribution in [-0.2, 0) is 16.1 Å². The predicted molar refractivity (Wildman–Crippen MR) is 102 cm³/mol. The third kappa shape index (κ3) is 3.67. The Morgan fingerprint density at radius 3 is 2.68 bits per heavy atom. The molecular weight excluding hydrogens is 364 g/mol. The van der Waals surface area contributed by atoms with Gasteiger partial charge in [-0.1, -0.05) is 0 Å². The molecule has 1 saturated heterocycles. The van der Waals surface area contributed by atoms with Crippen LogP contribution < -0.4 is 20.6 Å². The average Bonchev–Trinajstić information content (AvgIpc) is 3.04. The van der Waals surface area contributed by atoms with Crippen molar-refractivity contribution in [3.63, 3.8) is 0 Å². The van der Waals surface area contributed by atoms with Crippen LogP contribution in [0.2, 0.25) is 0 Å². The van der Waals surface area contributed by atoms with E-state index >= 15 is 0 Å². The van der Waals surface area contributed by atoms with Crippen LogP contribution in [0.25, 0.3) is 5.78 Å². The minimum Gasteiger partial charge on any atom is -0.497 e. The molecule has 28 heavy (non-hydrogen) atoms. The third-order valence-corrected chi connectivity index (χ3v) is 4.44. The average molecular weight is 384 g/mol. The number of fused-ring (bicyclic) bond motifs is 1. The number of amides is 1. The second kappa shape index (κ2) is 7.69. The van der Waals surface area contributed by atoms with Gasteiger partial charge < -0.3 is 19.7 Å². The van der Waals surface area contributed by atoms with Crippen LogP contribution in [0.3, 0.4) is 0 Å². The van der Waals surface area contributed by atoms with Gasteiger partial charge in [0.1, 0.15) is 18.1 Å². The van der Waals surface area contributed by atoms with Crippen LogP contribution in [-0.4, -0.2) is 58.5 Å². The van der Waals surface area contributed by atoms with E-state index in [0.29, 0.717) is 24.7 Å². The maximum atomic E-state index is 12.5. The summed E-state index contributed by atoms with van der Waals surface area (Å²) in [5.74, 6) is 1.32. The second-order valence-corrected chi connectivity index (χ2v) is 6.27. The maximum absolute atomic E-state index is 12.5. The first-order chi connectivity index (χ1) is 13.6. The normalized spacial score (nSPS) is 14.2. The molecule has 1 aromatic carbocycles. The van der Waals surface area contributed by atoms with Crippen LogP contribution in [0.1, 0.15) is 0 Å². The van der Waals surface area contributed by atoms with E-state index in [0.717, 1.165) is 23.6 Å². The summed E-state index contributed by atoms with van der Waals surface area (Å²) in [5.41, 5.74) is 0.191. The van der Waals surface area contributed by atoms with Crippen molar-refractivity contribution in [3.8, 4) is 5.75 Å². The van der Waals surface area contributed by atoms with E-state index < -0.39 is 5.69 Å². The zero-order valence-corrected chi connectivity index (χ0v) is 15.4. The fraction of sp³-hybridized carbons (Fsp3) is 0.333. The molecule has 10 heteroatoms. The zero-order chi connectivity index (χ0) is 19.5. The van der Waals surface area contributed by atoms with Gasteiger partial charge >= 0.3 is 5.69 Å². The van der Waals surface area contributed by atoms with Gasteiger partial charge in [-0.2, -0.15) is 4.98 Å². The van der Waals surface area contributed by atoms with E-state index in [4.69, 9.17) is 9.47 Å². The summed E-state index contributed by atoms with van der Waals surface area (Å²) >= 11 is 0. The maximum Gasteiger partial charge on any atom is 0.352 e. The Balaban J connectivity index is 1.50. The minimum atomic E-state index is -0.416. The number of rotatable bonds is 5. The summed E-state index contributed by atoms with van der Waals surface area (Å²) in [6.45, 7) is 2.54. The number of nitrogens with one attached hydrogen (secondary N) is 1. The number of anilines is 2. The molecule has 0 radical (unpaired) electrons. The second-order valence-electron chi connectivity index (χ2n) is 6.27. The zero-order valence-electron chi connectivity index (χ0n) is 15.4. The van der Waals surface area contributed by atoms with Crippen molar-refractivity contribution in [3.05, 3.63) is 47.0 Å². The number of hydrogen-bond donors (Lipinski definition) is 1. The molecule has 1 fully saturated rings. The van der Waals surface area contributed by atoms with Crippen LogP contribution in [0.5, 0.6) is 5.75 Å². The van der Waals surface area contributed by atoms with E-state index in [9.17, 15) is 9.59 Å². The number of benzene rings is 1. The molecule has 0 bridgehead atoms. The molecule has 2 aromatic heterocycles. The van der Waals surface area contributed by atoms with Gasteiger partial charge in [-0.15, -0.1) is 5.10 Å². The van der Waals surface area contributed by atoms with Gasteiger partial charge in [-0.3, -0.25) is 4.79 Å². The Bertz CT molecular complexity index is 1040. The lowest BCUT2D eigenvalue weighted by Crippen LogP contribution is -2.36. The van der Waals surface area contributed by atoms with Gasteiger partial charge in [0.2, 0.25) is 5.91 Å².